The topological polar surface area (TPSA) is 37.3 Å². The first-order valence-electron chi connectivity index (χ1n) is 3.05. The van der Waals surface area contributed by atoms with E-state index in [1.54, 1.807) is 0 Å². The Labute approximate surface area is 58.8 Å². The van der Waals surface area contributed by atoms with Crippen molar-refractivity contribution in [2.45, 2.75) is 18.7 Å². The minimum atomic E-state index is -0.748. The average molecular weight is 149 g/mol. The summed E-state index contributed by atoms with van der Waals surface area (Å²) in [7, 11) is 0. The SMILES string of the molecule is CC[C@@H]1[C@@H](Cl)[C@H]1C(=O)O. The Morgan fingerprint density at radius 1 is 1.78 bits per heavy atom. The lowest BCUT2D eigenvalue weighted by molar-refractivity contribution is -0.138. The second-order valence-corrected chi connectivity index (χ2v) is 2.88. The third kappa shape index (κ3) is 1.04. The maximum atomic E-state index is 10.3. The van der Waals surface area contributed by atoms with Crippen LogP contribution in [0.4, 0.5) is 0 Å². The predicted molar refractivity (Wildman–Crippen MR) is 34.5 cm³/mol. The summed E-state index contributed by atoms with van der Waals surface area (Å²) in [5, 5.41) is 8.34. The molecule has 1 saturated carbocycles. The van der Waals surface area contributed by atoms with Gasteiger partial charge in [0.25, 0.3) is 0 Å². The van der Waals surface area contributed by atoms with Crippen molar-refractivity contribution in [3.63, 3.8) is 0 Å². The van der Waals surface area contributed by atoms with Gasteiger partial charge in [-0.15, -0.1) is 11.6 Å². The minimum Gasteiger partial charge on any atom is -0.481 e. The highest BCUT2D eigenvalue weighted by atomic mass is 35.5. The molecule has 0 aliphatic heterocycles. The van der Waals surface area contributed by atoms with Gasteiger partial charge in [0, 0.05) is 0 Å². The summed E-state index contributed by atoms with van der Waals surface area (Å²) >= 11 is 5.63. The lowest BCUT2D eigenvalue weighted by Gasteiger charge is -1.83. The van der Waals surface area contributed by atoms with Crippen molar-refractivity contribution in [3.8, 4) is 0 Å². The maximum Gasteiger partial charge on any atom is 0.308 e. The number of rotatable bonds is 2. The van der Waals surface area contributed by atoms with Gasteiger partial charge in [0.15, 0.2) is 0 Å². The van der Waals surface area contributed by atoms with Gasteiger partial charge in [-0.3, -0.25) is 4.79 Å². The molecule has 0 aromatic heterocycles. The smallest absolute Gasteiger partial charge is 0.308 e. The molecule has 0 amide bonds. The number of carboxylic acid groups (broad SMARTS) is 1. The monoisotopic (exact) mass is 148 g/mol. The molecule has 0 unspecified atom stereocenters. The summed E-state index contributed by atoms with van der Waals surface area (Å²) in [4.78, 5) is 10.3. The van der Waals surface area contributed by atoms with Gasteiger partial charge in [-0.25, -0.2) is 0 Å². The molecule has 2 nitrogen and oxygen atoms in total. The normalized spacial score (nSPS) is 40.4. The van der Waals surface area contributed by atoms with Crippen LogP contribution in [0.25, 0.3) is 0 Å². The molecule has 0 spiro atoms. The molecule has 1 aliphatic rings. The van der Waals surface area contributed by atoms with Gasteiger partial charge in [-0.1, -0.05) is 13.3 Å². The Morgan fingerprint density at radius 2 is 2.33 bits per heavy atom. The third-order valence-electron chi connectivity index (χ3n) is 1.83. The highest BCUT2D eigenvalue weighted by molar-refractivity contribution is 6.24. The summed E-state index contributed by atoms with van der Waals surface area (Å²) in [6.45, 7) is 1.96. The first-order valence-corrected chi connectivity index (χ1v) is 3.49. The van der Waals surface area contributed by atoms with Crippen LogP contribution in [0.15, 0.2) is 0 Å². The lowest BCUT2D eigenvalue weighted by atomic mass is 10.3. The highest BCUT2D eigenvalue weighted by Crippen LogP contribution is 2.46. The molecule has 3 heteroatoms. The van der Waals surface area contributed by atoms with E-state index < -0.39 is 5.97 Å². The van der Waals surface area contributed by atoms with Gasteiger partial charge in [-0.2, -0.15) is 0 Å². The highest BCUT2D eigenvalue weighted by Gasteiger charge is 2.52. The molecule has 0 aromatic carbocycles. The van der Waals surface area contributed by atoms with E-state index in [0.717, 1.165) is 6.42 Å². The Balaban J connectivity index is 2.42. The van der Waals surface area contributed by atoms with Gasteiger partial charge >= 0.3 is 5.97 Å². The van der Waals surface area contributed by atoms with Gasteiger partial charge in [0.2, 0.25) is 0 Å². The van der Waals surface area contributed by atoms with Gasteiger partial charge in [0.05, 0.1) is 11.3 Å². The quantitative estimate of drug-likeness (QED) is 0.600. The number of hydrogen-bond donors (Lipinski definition) is 1. The molecule has 1 fully saturated rings. The molecule has 1 N–H and O–H groups in total. The Bertz CT molecular complexity index is 135. The average Bonchev–Trinajstić information content (AvgIpc) is 2.40. The first-order chi connectivity index (χ1) is 4.18. The van der Waals surface area contributed by atoms with Gasteiger partial charge in [0.1, 0.15) is 0 Å². The number of alkyl halides is 1. The fourth-order valence-corrected chi connectivity index (χ4v) is 1.68. The largest absolute Gasteiger partial charge is 0.481 e. The number of carbonyl (C=O) groups is 1. The standard InChI is InChI=1S/C6H9ClO2/c1-2-3-4(5(3)7)6(8)9/h3-5H,2H2,1H3,(H,8,9)/t3-,4-,5+/m0/s1. The van der Waals surface area contributed by atoms with Crippen LogP contribution in [0.1, 0.15) is 13.3 Å². The van der Waals surface area contributed by atoms with Crippen molar-refractivity contribution in [2.75, 3.05) is 0 Å². The molecule has 0 aromatic rings. The molecular weight excluding hydrogens is 140 g/mol. The van der Waals surface area contributed by atoms with Crippen molar-refractivity contribution in [3.05, 3.63) is 0 Å². The van der Waals surface area contributed by atoms with E-state index in [4.69, 9.17) is 16.7 Å². The minimum absolute atomic E-state index is 0.104. The number of halogens is 1. The van der Waals surface area contributed by atoms with E-state index in [1.165, 1.54) is 0 Å². The van der Waals surface area contributed by atoms with Crippen molar-refractivity contribution in [2.24, 2.45) is 11.8 Å². The second-order valence-electron chi connectivity index (χ2n) is 2.38. The molecule has 1 aliphatic carbocycles. The zero-order chi connectivity index (χ0) is 7.02. The molecule has 0 heterocycles. The van der Waals surface area contributed by atoms with Crippen LogP contribution in [0.3, 0.4) is 0 Å². The van der Waals surface area contributed by atoms with E-state index in [2.05, 4.69) is 0 Å². The van der Waals surface area contributed by atoms with E-state index in [9.17, 15) is 4.79 Å². The maximum absolute atomic E-state index is 10.3. The van der Waals surface area contributed by atoms with E-state index in [-0.39, 0.29) is 17.2 Å². The number of aliphatic carboxylic acids is 1. The Kier molecular flexibility index (Phi) is 1.66. The van der Waals surface area contributed by atoms with Crippen molar-refractivity contribution >= 4 is 17.6 Å². The fourth-order valence-electron chi connectivity index (χ4n) is 1.13. The zero-order valence-electron chi connectivity index (χ0n) is 5.17. The summed E-state index contributed by atoms with van der Waals surface area (Å²) in [5.41, 5.74) is 0. The van der Waals surface area contributed by atoms with Crippen LogP contribution in [0.5, 0.6) is 0 Å². The Hall–Kier alpha value is -0.240. The number of carboxylic acids is 1. The summed E-state index contributed by atoms with van der Waals surface area (Å²) in [6.07, 6.45) is 0.880. The van der Waals surface area contributed by atoms with Crippen LogP contribution in [-0.2, 0) is 4.79 Å². The molecule has 0 radical (unpaired) electrons. The van der Waals surface area contributed by atoms with Gasteiger partial charge in [-0.05, 0) is 5.92 Å². The van der Waals surface area contributed by atoms with Crippen molar-refractivity contribution in [1.82, 2.24) is 0 Å². The van der Waals surface area contributed by atoms with Crippen molar-refractivity contribution in [1.29, 1.82) is 0 Å². The van der Waals surface area contributed by atoms with E-state index in [0.29, 0.717) is 0 Å². The van der Waals surface area contributed by atoms with Crippen LogP contribution < -0.4 is 0 Å². The predicted octanol–water partition coefficient (Wildman–Crippen LogP) is 1.33. The second kappa shape index (κ2) is 2.18. The van der Waals surface area contributed by atoms with E-state index in [1.807, 2.05) is 6.92 Å². The molecule has 52 valence electrons. The fraction of sp³-hybridized carbons (Fsp3) is 0.833. The third-order valence-corrected chi connectivity index (χ3v) is 2.42. The molecule has 3 atom stereocenters. The summed E-state index contributed by atoms with van der Waals surface area (Å²) in [5.74, 6) is -0.789. The molecular formula is C6H9ClO2. The first kappa shape index (κ1) is 6.87. The zero-order valence-corrected chi connectivity index (χ0v) is 5.93. The molecule has 9 heavy (non-hydrogen) atoms. The molecule has 0 bridgehead atoms. The summed E-state index contributed by atoms with van der Waals surface area (Å²) < 4.78 is 0. The van der Waals surface area contributed by atoms with Gasteiger partial charge < -0.3 is 5.11 Å². The van der Waals surface area contributed by atoms with Crippen LogP contribution in [0, 0.1) is 11.8 Å². The molecule has 0 saturated heterocycles. The van der Waals surface area contributed by atoms with Crippen molar-refractivity contribution < 1.29 is 9.90 Å². The van der Waals surface area contributed by atoms with Crippen LogP contribution in [0.2, 0.25) is 0 Å². The number of hydrogen-bond acceptors (Lipinski definition) is 1. The van der Waals surface area contributed by atoms with E-state index >= 15 is 0 Å². The van der Waals surface area contributed by atoms with Crippen LogP contribution >= 0.6 is 11.6 Å². The van der Waals surface area contributed by atoms with Crippen LogP contribution in [-0.4, -0.2) is 16.5 Å². The summed E-state index contributed by atoms with van der Waals surface area (Å²) in [6, 6.07) is 0. The molecule has 1 rings (SSSR count). The Morgan fingerprint density at radius 3 is 2.44 bits per heavy atom. The lowest BCUT2D eigenvalue weighted by Crippen LogP contribution is -1.99.